The van der Waals surface area contributed by atoms with Gasteiger partial charge in [-0.3, -0.25) is 4.79 Å². The Morgan fingerprint density at radius 3 is 2.41 bits per heavy atom. The topological polar surface area (TPSA) is 114 Å². The number of methoxy groups -OCH3 is 2. The van der Waals surface area contributed by atoms with E-state index < -0.39 is 21.9 Å². The molecule has 1 aromatic carbocycles. The van der Waals surface area contributed by atoms with Gasteiger partial charge in [0.05, 0.1) is 31.3 Å². The number of nitrogens with zero attached hydrogens (tertiary/aromatic N) is 1. The van der Waals surface area contributed by atoms with Gasteiger partial charge in [-0.25, -0.2) is 18.2 Å². The first-order valence-corrected chi connectivity index (χ1v) is 9.96. The van der Waals surface area contributed by atoms with Crippen LogP contribution in [0.15, 0.2) is 40.6 Å². The van der Waals surface area contributed by atoms with Gasteiger partial charge in [-0.15, -0.1) is 16.2 Å². The average molecular weight is 413 g/mol. The lowest BCUT2D eigenvalue weighted by Crippen LogP contribution is -2.43. The summed E-state index contributed by atoms with van der Waals surface area (Å²) in [7, 11) is 0.288. The number of nitrogens with one attached hydrogen (secondary N) is 2. The van der Waals surface area contributed by atoms with E-state index in [2.05, 4.69) is 14.9 Å². The Hall–Kier alpha value is -2.47. The summed E-state index contributed by atoms with van der Waals surface area (Å²) >= 11 is 1.13. The number of ether oxygens (including phenoxy) is 2. The van der Waals surface area contributed by atoms with Crippen LogP contribution in [0.2, 0.25) is 0 Å². The molecule has 2 N–H and O–H groups in total. The number of sulfonamides is 1. The molecule has 0 atom stereocenters. The highest BCUT2D eigenvalue weighted by molar-refractivity contribution is 7.89. The Kier molecular flexibility index (Phi) is 6.91. The third-order valence-electron chi connectivity index (χ3n) is 3.34. The van der Waals surface area contributed by atoms with Crippen LogP contribution in [-0.2, 0) is 19.6 Å². The number of hydrazine groups is 1. The van der Waals surface area contributed by atoms with Crippen LogP contribution in [0, 0.1) is 0 Å². The number of hydrogen-bond acceptors (Lipinski definition) is 8. The molecular formula is C16H19N3O6S2. The lowest BCUT2D eigenvalue weighted by Gasteiger charge is -2.18. The monoisotopic (exact) mass is 413 g/mol. The maximum Gasteiger partial charge on any atom is 0.350 e. The standard InChI is InChI=1S/C16H19N3O6S2/c1-19(18-27(22,23)12-6-4-11(24-2)5-7-12)10-14(20)17-13-8-9-26-15(13)16(21)25-3/h4-9,18H,10H2,1-3H3,(H,17,20). The Labute approximate surface area is 160 Å². The molecular weight excluding hydrogens is 394 g/mol. The van der Waals surface area contributed by atoms with E-state index >= 15 is 0 Å². The summed E-state index contributed by atoms with van der Waals surface area (Å²) in [5, 5.41) is 5.32. The highest BCUT2D eigenvalue weighted by atomic mass is 32.2. The number of carbonyl (C=O) groups is 2. The third kappa shape index (κ3) is 5.50. The SMILES string of the molecule is COC(=O)c1sccc1NC(=O)CN(C)NS(=O)(=O)c1ccc(OC)cc1. The molecule has 9 nitrogen and oxygen atoms in total. The minimum Gasteiger partial charge on any atom is -0.497 e. The fraction of sp³-hybridized carbons (Fsp3) is 0.250. The Morgan fingerprint density at radius 1 is 1.15 bits per heavy atom. The Balaban J connectivity index is 1.98. The number of thiophene rings is 1. The number of amides is 1. The van der Waals surface area contributed by atoms with Crippen LogP contribution < -0.4 is 14.9 Å². The van der Waals surface area contributed by atoms with Gasteiger partial charge in [0.2, 0.25) is 5.91 Å². The molecule has 1 heterocycles. The molecule has 11 heteroatoms. The molecule has 2 aromatic rings. The molecule has 0 bridgehead atoms. The first-order valence-electron chi connectivity index (χ1n) is 7.60. The van der Waals surface area contributed by atoms with Crippen molar-refractivity contribution in [3.05, 3.63) is 40.6 Å². The van der Waals surface area contributed by atoms with Crippen LogP contribution in [-0.4, -0.2) is 53.1 Å². The summed E-state index contributed by atoms with van der Waals surface area (Å²) < 4.78 is 34.3. The van der Waals surface area contributed by atoms with Crippen LogP contribution in [0.3, 0.4) is 0 Å². The van der Waals surface area contributed by atoms with Crippen LogP contribution in [0.4, 0.5) is 5.69 Å². The van der Waals surface area contributed by atoms with E-state index in [-0.39, 0.29) is 16.3 Å². The maximum absolute atomic E-state index is 12.3. The van der Waals surface area contributed by atoms with Crippen molar-refractivity contribution in [1.82, 2.24) is 9.84 Å². The molecule has 2 rings (SSSR count). The minimum absolute atomic E-state index is 0.0290. The second-order valence-electron chi connectivity index (χ2n) is 5.33. The number of likely N-dealkylation sites (N-methyl/N-ethyl adjacent to an activating group) is 1. The third-order valence-corrected chi connectivity index (χ3v) is 5.68. The summed E-state index contributed by atoms with van der Waals surface area (Å²) in [5.41, 5.74) is 0.309. The molecule has 27 heavy (non-hydrogen) atoms. The van der Waals surface area contributed by atoms with E-state index in [0.717, 1.165) is 16.3 Å². The molecule has 146 valence electrons. The van der Waals surface area contributed by atoms with Crippen molar-refractivity contribution in [3.8, 4) is 5.75 Å². The smallest absolute Gasteiger partial charge is 0.350 e. The minimum atomic E-state index is -3.85. The van der Waals surface area contributed by atoms with Crippen LogP contribution in [0.25, 0.3) is 0 Å². The van der Waals surface area contributed by atoms with E-state index in [1.165, 1.54) is 45.5 Å². The van der Waals surface area contributed by atoms with Crippen LogP contribution in [0.1, 0.15) is 9.67 Å². The first-order chi connectivity index (χ1) is 12.8. The van der Waals surface area contributed by atoms with Crippen molar-refractivity contribution in [3.63, 3.8) is 0 Å². The average Bonchev–Trinajstić information content (AvgIpc) is 3.08. The number of carbonyl (C=O) groups excluding carboxylic acids is 2. The predicted octanol–water partition coefficient (Wildman–Crippen LogP) is 1.31. The zero-order valence-electron chi connectivity index (χ0n) is 14.9. The van der Waals surface area contributed by atoms with Gasteiger partial charge in [-0.1, -0.05) is 0 Å². The summed E-state index contributed by atoms with van der Waals surface area (Å²) in [4.78, 5) is 26.3. The molecule has 1 amide bonds. The Morgan fingerprint density at radius 2 is 1.81 bits per heavy atom. The summed E-state index contributed by atoms with van der Waals surface area (Å²) in [5.74, 6) is -0.536. The fourth-order valence-corrected chi connectivity index (χ4v) is 3.95. The number of rotatable bonds is 8. The molecule has 0 fully saturated rings. The molecule has 0 aliphatic rings. The zero-order chi connectivity index (χ0) is 20.0. The summed E-state index contributed by atoms with van der Waals surface area (Å²) in [6, 6.07) is 7.39. The van der Waals surface area contributed by atoms with Crippen LogP contribution >= 0.6 is 11.3 Å². The van der Waals surface area contributed by atoms with Gasteiger partial charge < -0.3 is 14.8 Å². The predicted molar refractivity (Wildman–Crippen MR) is 100 cm³/mol. The fourth-order valence-electron chi connectivity index (χ4n) is 2.11. The second kappa shape index (κ2) is 8.95. The number of benzene rings is 1. The molecule has 0 saturated carbocycles. The van der Waals surface area contributed by atoms with Crippen molar-refractivity contribution < 1.29 is 27.5 Å². The van der Waals surface area contributed by atoms with Crippen molar-refractivity contribution in [2.24, 2.45) is 0 Å². The summed E-state index contributed by atoms with van der Waals surface area (Å²) in [6.07, 6.45) is 0. The largest absolute Gasteiger partial charge is 0.497 e. The highest BCUT2D eigenvalue weighted by Crippen LogP contribution is 2.23. The van der Waals surface area contributed by atoms with Gasteiger partial charge in [-0.2, -0.15) is 0 Å². The van der Waals surface area contributed by atoms with Gasteiger partial charge in [0.15, 0.2) is 0 Å². The van der Waals surface area contributed by atoms with E-state index in [1.54, 1.807) is 11.4 Å². The molecule has 0 unspecified atom stereocenters. The molecule has 0 aliphatic carbocycles. The molecule has 0 spiro atoms. The van der Waals surface area contributed by atoms with E-state index in [4.69, 9.17) is 4.74 Å². The zero-order valence-corrected chi connectivity index (χ0v) is 16.5. The normalized spacial score (nSPS) is 11.3. The maximum atomic E-state index is 12.3. The number of hydrogen-bond donors (Lipinski definition) is 2. The number of anilines is 1. The molecule has 0 saturated heterocycles. The number of esters is 1. The van der Waals surface area contributed by atoms with E-state index in [0.29, 0.717) is 11.4 Å². The van der Waals surface area contributed by atoms with Gasteiger partial charge in [0.25, 0.3) is 10.0 Å². The van der Waals surface area contributed by atoms with Crippen molar-refractivity contribution in [1.29, 1.82) is 0 Å². The van der Waals surface area contributed by atoms with Gasteiger partial charge in [-0.05, 0) is 35.7 Å². The second-order valence-corrected chi connectivity index (χ2v) is 7.91. The molecule has 0 aliphatic heterocycles. The van der Waals surface area contributed by atoms with Gasteiger partial charge >= 0.3 is 5.97 Å². The lowest BCUT2D eigenvalue weighted by molar-refractivity contribution is -0.117. The highest BCUT2D eigenvalue weighted by Gasteiger charge is 2.20. The van der Waals surface area contributed by atoms with Crippen LogP contribution in [0.5, 0.6) is 5.75 Å². The van der Waals surface area contributed by atoms with Crippen molar-refractivity contribution in [2.45, 2.75) is 4.90 Å². The van der Waals surface area contributed by atoms with Gasteiger partial charge in [0, 0.05) is 7.05 Å². The lowest BCUT2D eigenvalue weighted by atomic mass is 10.3. The van der Waals surface area contributed by atoms with Crippen molar-refractivity contribution >= 4 is 38.9 Å². The molecule has 0 radical (unpaired) electrons. The first kappa shape index (κ1) is 20.8. The summed E-state index contributed by atoms with van der Waals surface area (Å²) in [6.45, 7) is -0.272. The Bertz CT molecular complexity index is 908. The van der Waals surface area contributed by atoms with E-state index in [9.17, 15) is 18.0 Å². The van der Waals surface area contributed by atoms with E-state index in [1.807, 2.05) is 0 Å². The quantitative estimate of drug-likeness (QED) is 0.495. The van der Waals surface area contributed by atoms with Crippen molar-refractivity contribution in [2.75, 3.05) is 33.1 Å². The molecule has 1 aromatic heterocycles. The van der Waals surface area contributed by atoms with Gasteiger partial charge in [0.1, 0.15) is 10.6 Å².